The van der Waals surface area contributed by atoms with Gasteiger partial charge in [-0.05, 0) is 24.7 Å². The Morgan fingerprint density at radius 3 is 2.32 bits per heavy atom. The molecule has 19 heavy (non-hydrogen) atoms. The van der Waals surface area contributed by atoms with Gasteiger partial charge < -0.3 is 20.0 Å². The summed E-state index contributed by atoms with van der Waals surface area (Å²) in [7, 11) is 0. The molecular weight excluding hydrogens is 248 g/mol. The van der Waals surface area contributed by atoms with Gasteiger partial charge in [0.1, 0.15) is 6.04 Å². The number of rotatable bonds is 1. The third-order valence-electron chi connectivity index (χ3n) is 4.39. The van der Waals surface area contributed by atoms with Gasteiger partial charge in [-0.2, -0.15) is 0 Å². The summed E-state index contributed by atoms with van der Waals surface area (Å²) in [6.07, 6.45) is 0.963. The molecule has 0 radical (unpaired) electrons. The number of carbonyl (C=O) groups is 2. The lowest BCUT2D eigenvalue weighted by Crippen LogP contribution is -2.54. The van der Waals surface area contributed by atoms with Gasteiger partial charge in [-0.15, -0.1) is 0 Å². The molecule has 0 bridgehead atoms. The molecular formula is C13H22N2O4. The predicted octanol–water partition coefficient (Wildman–Crippen LogP) is 0.604. The highest BCUT2D eigenvalue weighted by molar-refractivity contribution is 5.83. The summed E-state index contributed by atoms with van der Waals surface area (Å²) in [5, 5.41) is 19.1. The fourth-order valence-corrected chi connectivity index (χ4v) is 2.94. The van der Waals surface area contributed by atoms with Crippen LogP contribution in [0.1, 0.15) is 26.7 Å². The molecule has 2 aliphatic rings. The van der Waals surface area contributed by atoms with Crippen molar-refractivity contribution in [3.05, 3.63) is 0 Å². The van der Waals surface area contributed by atoms with Crippen molar-refractivity contribution in [2.75, 3.05) is 19.6 Å². The number of likely N-dealkylation sites (tertiary alicyclic amines) is 2. The minimum Gasteiger partial charge on any atom is -0.480 e. The maximum Gasteiger partial charge on any atom is 0.326 e. The van der Waals surface area contributed by atoms with Crippen molar-refractivity contribution in [3.8, 4) is 0 Å². The minimum atomic E-state index is -0.940. The minimum absolute atomic E-state index is 0.0184. The summed E-state index contributed by atoms with van der Waals surface area (Å²) in [5.41, 5.74) is 0. The van der Waals surface area contributed by atoms with Crippen LogP contribution in [-0.2, 0) is 4.79 Å². The number of urea groups is 1. The Morgan fingerprint density at radius 1 is 1.11 bits per heavy atom. The molecule has 0 saturated carbocycles. The van der Waals surface area contributed by atoms with E-state index >= 15 is 0 Å². The first-order valence-electron chi connectivity index (χ1n) is 6.88. The fraction of sp³-hybridized carbons (Fsp3) is 0.846. The number of β-amino-alcohol motifs (C(OH)–C–C–N with tert-alkyl or cyclic N) is 1. The van der Waals surface area contributed by atoms with Crippen molar-refractivity contribution in [2.24, 2.45) is 11.8 Å². The number of carbonyl (C=O) groups excluding carboxylic acids is 1. The first-order chi connectivity index (χ1) is 8.91. The average molecular weight is 270 g/mol. The quantitative estimate of drug-likeness (QED) is 0.731. The molecule has 0 aliphatic carbocycles. The van der Waals surface area contributed by atoms with Crippen LogP contribution in [0, 0.1) is 11.8 Å². The van der Waals surface area contributed by atoms with Gasteiger partial charge in [0.25, 0.3) is 0 Å². The van der Waals surface area contributed by atoms with E-state index in [0.29, 0.717) is 19.6 Å². The van der Waals surface area contributed by atoms with Crippen LogP contribution >= 0.6 is 0 Å². The first-order valence-corrected chi connectivity index (χ1v) is 6.88. The second kappa shape index (κ2) is 5.36. The van der Waals surface area contributed by atoms with Crippen LogP contribution in [0.2, 0.25) is 0 Å². The van der Waals surface area contributed by atoms with Gasteiger partial charge in [-0.25, -0.2) is 9.59 Å². The third kappa shape index (κ3) is 2.68. The topological polar surface area (TPSA) is 81.1 Å². The van der Waals surface area contributed by atoms with Crippen molar-refractivity contribution in [1.29, 1.82) is 0 Å². The van der Waals surface area contributed by atoms with E-state index in [1.807, 2.05) is 13.8 Å². The number of piperidine rings is 1. The zero-order chi connectivity index (χ0) is 14.2. The molecule has 2 rings (SSSR count). The van der Waals surface area contributed by atoms with Gasteiger partial charge in [0.05, 0.1) is 6.10 Å². The number of aliphatic hydroxyl groups is 1. The van der Waals surface area contributed by atoms with Crippen molar-refractivity contribution in [2.45, 2.75) is 38.8 Å². The SMILES string of the molecule is CC1CCN(C(=O)N2CCC(C)C2C(=O)O)CC1O. The summed E-state index contributed by atoms with van der Waals surface area (Å²) in [6.45, 7) is 5.20. The van der Waals surface area contributed by atoms with Crippen LogP contribution in [0.5, 0.6) is 0 Å². The number of carboxylic acid groups (broad SMARTS) is 1. The van der Waals surface area contributed by atoms with Gasteiger partial charge >= 0.3 is 12.0 Å². The molecule has 0 spiro atoms. The van der Waals surface area contributed by atoms with Crippen molar-refractivity contribution in [3.63, 3.8) is 0 Å². The number of amides is 2. The van der Waals surface area contributed by atoms with Crippen LogP contribution in [0.15, 0.2) is 0 Å². The Labute approximate surface area is 113 Å². The third-order valence-corrected chi connectivity index (χ3v) is 4.39. The van der Waals surface area contributed by atoms with Gasteiger partial charge in [-0.3, -0.25) is 0 Å². The summed E-state index contributed by atoms with van der Waals surface area (Å²) < 4.78 is 0. The number of aliphatic hydroxyl groups excluding tert-OH is 1. The maximum atomic E-state index is 12.4. The molecule has 6 heteroatoms. The van der Waals surface area contributed by atoms with E-state index < -0.39 is 18.1 Å². The van der Waals surface area contributed by atoms with Gasteiger partial charge in [0, 0.05) is 19.6 Å². The molecule has 0 aromatic rings. The number of hydrogen-bond donors (Lipinski definition) is 2. The number of carboxylic acids is 1. The lowest BCUT2D eigenvalue weighted by Gasteiger charge is -2.37. The molecule has 108 valence electrons. The maximum absolute atomic E-state index is 12.4. The fourth-order valence-electron chi connectivity index (χ4n) is 2.94. The second-order valence-electron chi connectivity index (χ2n) is 5.80. The highest BCUT2D eigenvalue weighted by atomic mass is 16.4. The van der Waals surface area contributed by atoms with Crippen molar-refractivity contribution in [1.82, 2.24) is 9.80 Å². The molecule has 2 heterocycles. The van der Waals surface area contributed by atoms with Crippen LogP contribution in [0.4, 0.5) is 4.79 Å². The van der Waals surface area contributed by atoms with Crippen molar-refractivity contribution >= 4 is 12.0 Å². The molecule has 2 fully saturated rings. The summed E-state index contributed by atoms with van der Waals surface area (Å²) in [5.74, 6) is -0.767. The first kappa shape index (κ1) is 14.1. The highest BCUT2D eigenvalue weighted by Gasteiger charge is 2.42. The van der Waals surface area contributed by atoms with E-state index in [2.05, 4.69) is 0 Å². The lowest BCUT2D eigenvalue weighted by atomic mass is 9.96. The summed E-state index contributed by atoms with van der Waals surface area (Å²) >= 11 is 0. The average Bonchev–Trinajstić information content (AvgIpc) is 2.74. The molecule has 2 amide bonds. The molecule has 2 aliphatic heterocycles. The molecule has 4 unspecified atom stereocenters. The Balaban J connectivity index is 2.05. The van der Waals surface area contributed by atoms with E-state index in [1.54, 1.807) is 4.90 Å². The van der Waals surface area contributed by atoms with Gasteiger partial charge in [0.15, 0.2) is 0 Å². The normalized spacial score (nSPS) is 35.5. The zero-order valence-electron chi connectivity index (χ0n) is 11.5. The van der Waals surface area contributed by atoms with Crippen LogP contribution in [0.25, 0.3) is 0 Å². The largest absolute Gasteiger partial charge is 0.480 e. The zero-order valence-corrected chi connectivity index (χ0v) is 11.5. The van der Waals surface area contributed by atoms with E-state index in [9.17, 15) is 19.8 Å². The Bertz CT molecular complexity index is 374. The second-order valence-corrected chi connectivity index (χ2v) is 5.80. The number of nitrogens with zero attached hydrogens (tertiary/aromatic N) is 2. The van der Waals surface area contributed by atoms with E-state index in [0.717, 1.165) is 12.8 Å². The van der Waals surface area contributed by atoms with E-state index in [-0.39, 0.29) is 17.9 Å². The molecule has 0 aromatic heterocycles. The number of aliphatic carboxylic acids is 1. The summed E-state index contributed by atoms with van der Waals surface area (Å²) in [4.78, 5) is 26.7. The molecule has 2 saturated heterocycles. The monoisotopic (exact) mass is 270 g/mol. The Hall–Kier alpha value is -1.30. The Morgan fingerprint density at radius 2 is 1.74 bits per heavy atom. The number of hydrogen-bond acceptors (Lipinski definition) is 3. The lowest BCUT2D eigenvalue weighted by molar-refractivity contribution is -0.142. The van der Waals surface area contributed by atoms with Crippen LogP contribution < -0.4 is 0 Å². The van der Waals surface area contributed by atoms with Crippen molar-refractivity contribution < 1.29 is 19.8 Å². The summed E-state index contributed by atoms with van der Waals surface area (Å²) in [6, 6.07) is -0.980. The molecule has 2 N–H and O–H groups in total. The van der Waals surface area contributed by atoms with E-state index in [1.165, 1.54) is 4.90 Å². The molecule has 4 atom stereocenters. The smallest absolute Gasteiger partial charge is 0.326 e. The van der Waals surface area contributed by atoms with E-state index in [4.69, 9.17) is 0 Å². The van der Waals surface area contributed by atoms with Gasteiger partial charge in [-0.1, -0.05) is 13.8 Å². The highest BCUT2D eigenvalue weighted by Crippen LogP contribution is 2.27. The van der Waals surface area contributed by atoms with Crippen LogP contribution in [-0.4, -0.2) is 63.8 Å². The predicted molar refractivity (Wildman–Crippen MR) is 68.7 cm³/mol. The molecule has 6 nitrogen and oxygen atoms in total. The molecule has 0 aromatic carbocycles. The van der Waals surface area contributed by atoms with Crippen LogP contribution in [0.3, 0.4) is 0 Å². The Kier molecular flexibility index (Phi) is 3.99. The standard InChI is InChI=1S/C13H22N2O4/c1-8-3-5-14(7-10(8)16)13(19)15-6-4-9(2)11(15)12(17)18/h8-11,16H,3-7H2,1-2H3,(H,17,18). The van der Waals surface area contributed by atoms with Gasteiger partial charge in [0.2, 0.25) is 0 Å².